The summed E-state index contributed by atoms with van der Waals surface area (Å²) in [5.74, 6) is 0. The zero-order valence-electron chi connectivity index (χ0n) is 11.2. The highest BCUT2D eigenvalue weighted by atomic mass is 16.3. The van der Waals surface area contributed by atoms with Crippen molar-refractivity contribution in [2.45, 2.75) is 44.2 Å². The Morgan fingerprint density at radius 3 is 2.72 bits per heavy atom. The largest absolute Gasteiger partial charge is 0.387 e. The van der Waals surface area contributed by atoms with E-state index in [1.165, 1.54) is 30.4 Å². The van der Waals surface area contributed by atoms with Crippen molar-refractivity contribution in [1.82, 2.24) is 5.32 Å². The van der Waals surface area contributed by atoms with Gasteiger partial charge >= 0.3 is 0 Å². The van der Waals surface area contributed by atoms with E-state index in [9.17, 15) is 5.11 Å². The van der Waals surface area contributed by atoms with E-state index in [0.717, 1.165) is 24.9 Å². The number of hydrogen-bond acceptors (Lipinski definition) is 3. The summed E-state index contributed by atoms with van der Waals surface area (Å²) in [6.45, 7) is 0.836. The fourth-order valence-electron chi connectivity index (χ4n) is 2.65. The number of benzene rings is 1. The first-order valence-corrected chi connectivity index (χ1v) is 6.92. The SMILES string of the molecule is CNCCC(N)C(O)c1ccc2c(c1)CCCC2. The lowest BCUT2D eigenvalue weighted by Crippen LogP contribution is -2.31. The van der Waals surface area contributed by atoms with Crippen LogP contribution in [0.2, 0.25) is 0 Å². The van der Waals surface area contributed by atoms with Gasteiger partial charge in [-0.05, 0) is 62.4 Å². The number of aliphatic hydroxyl groups excluding tert-OH is 1. The maximum absolute atomic E-state index is 10.3. The average molecular weight is 248 g/mol. The molecule has 0 aliphatic heterocycles. The van der Waals surface area contributed by atoms with E-state index in [2.05, 4.69) is 17.4 Å². The lowest BCUT2D eigenvalue weighted by Gasteiger charge is -2.22. The summed E-state index contributed by atoms with van der Waals surface area (Å²) in [7, 11) is 1.90. The molecule has 1 aromatic rings. The monoisotopic (exact) mass is 248 g/mol. The molecule has 3 heteroatoms. The van der Waals surface area contributed by atoms with Crippen molar-refractivity contribution in [2.24, 2.45) is 5.73 Å². The molecule has 0 saturated carbocycles. The fraction of sp³-hybridized carbons (Fsp3) is 0.600. The number of hydrogen-bond donors (Lipinski definition) is 3. The van der Waals surface area contributed by atoms with Crippen LogP contribution in [0, 0.1) is 0 Å². The summed E-state index contributed by atoms with van der Waals surface area (Å²) in [6.07, 6.45) is 5.11. The van der Waals surface area contributed by atoms with Crippen LogP contribution >= 0.6 is 0 Å². The molecule has 1 aliphatic carbocycles. The van der Waals surface area contributed by atoms with Crippen LogP contribution in [-0.4, -0.2) is 24.7 Å². The van der Waals surface area contributed by atoms with E-state index in [1.807, 2.05) is 13.1 Å². The minimum Gasteiger partial charge on any atom is -0.387 e. The molecule has 0 radical (unpaired) electrons. The second-order valence-electron chi connectivity index (χ2n) is 5.24. The van der Waals surface area contributed by atoms with Gasteiger partial charge in [0.05, 0.1) is 6.10 Å². The number of aryl methyl sites for hydroxylation is 2. The van der Waals surface area contributed by atoms with Gasteiger partial charge in [-0.15, -0.1) is 0 Å². The molecule has 2 rings (SSSR count). The van der Waals surface area contributed by atoms with Gasteiger partial charge in [-0.3, -0.25) is 0 Å². The first kappa shape index (κ1) is 13.5. The lowest BCUT2D eigenvalue weighted by molar-refractivity contribution is 0.142. The van der Waals surface area contributed by atoms with Crippen LogP contribution in [0.15, 0.2) is 18.2 Å². The van der Waals surface area contributed by atoms with Crippen molar-refractivity contribution in [2.75, 3.05) is 13.6 Å². The molecule has 0 aromatic heterocycles. The third-order valence-electron chi connectivity index (χ3n) is 3.85. The molecule has 100 valence electrons. The normalized spacial score (nSPS) is 18.2. The van der Waals surface area contributed by atoms with Crippen molar-refractivity contribution >= 4 is 0 Å². The topological polar surface area (TPSA) is 58.3 Å². The molecule has 0 fully saturated rings. The Morgan fingerprint density at radius 2 is 2.00 bits per heavy atom. The smallest absolute Gasteiger partial charge is 0.0941 e. The molecule has 0 heterocycles. The molecule has 2 atom stereocenters. The molecule has 1 aromatic carbocycles. The zero-order chi connectivity index (χ0) is 13.0. The first-order chi connectivity index (χ1) is 8.72. The predicted octanol–water partition coefficient (Wildman–Crippen LogP) is 1.54. The lowest BCUT2D eigenvalue weighted by atomic mass is 9.88. The van der Waals surface area contributed by atoms with Crippen LogP contribution in [-0.2, 0) is 12.8 Å². The van der Waals surface area contributed by atoms with Crippen LogP contribution < -0.4 is 11.1 Å². The van der Waals surface area contributed by atoms with E-state index in [-0.39, 0.29) is 6.04 Å². The van der Waals surface area contributed by atoms with Crippen LogP contribution in [0.5, 0.6) is 0 Å². The molecule has 3 nitrogen and oxygen atoms in total. The van der Waals surface area contributed by atoms with Gasteiger partial charge in [0, 0.05) is 6.04 Å². The van der Waals surface area contributed by atoms with Crippen LogP contribution in [0.25, 0.3) is 0 Å². The standard InChI is InChI=1S/C15H24N2O/c1-17-9-8-14(16)15(18)13-7-6-11-4-2-3-5-12(11)10-13/h6-7,10,14-15,17-18H,2-5,8-9,16H2,1H3. The number of nitrogens with one attached hydrogen (secondary N) is 1. The molecule has 2 unspecified atom stereocenters. The molecular formula is C15H24N2O. The number of aliphatic hydroxyl groups is 1. The minimum atomic E-state index is -0.550. The highest BCUT2D eigenvalue weighted by Gasteiger charge is 2.18. The summed E-state index contributed by atoms with van der Waals surface area (Å²) >= 11 is 0. The van der Waals surface area contributed by atoms with Gasteiger partial charge in [-0.25, -0.2) is 0 Å². The molecule has 0 amide bonds. The highest BCUT2D eigenvalue weighted by Crippen LogP contribution is 2.26. The summed E-state index contributed by atoms with van der Waals surface area (Å²) in [4.78, 5) is 0. The van der Waals surface area contributed by atoms with Crippen LogP contribution in [0.1, 0.15) is 42.1 Å². The number of fused-ring (bicyclic) bond motifs is 1. The van der Waals surface area contributed by atoms with Crippen LogP contribution in [0.3, 0.4) is 0 Å². The maximum Gasteiger partial charge on any atom is 0.0941 e. The minimum absolute atomic E-state index is 0.195. The predicted molar refractivity (Wildman–Crippen MR) is 74.6 cm³/mol. The quantitative estimate of drug-likeness (QED) is 0.741. The van der Waals surface area contributed by atoms with Crippen molar-refractivity contribution in [3.8, 4) is 0 Å². The second kappa shape index (κ2) is 6.32. The van der Waals surface area contributed by atoms with Crippen molar-refractivity contribution in [3.05, 3.63) is 34.9 Å². The summed E-state index contributed by atoms with van der Waals surface area (Å²) in [6, 6.07) is 6.16. The van der Waals surface area contributed by atoms with E-state index >= 15 is 0 Å². The third-order valence-corrected chi connectivity index (χ3v) is 3.85. The third kappa shape index (κ3) is 3.10. The van der Waals surface area contributed by atoms with E-state index < -0.39 is 6.10 Å². The van der Waals surface area contributed by atoms with Gasteiger partial charge < -0.3 is 16.2 Å². The molecule has 18 heavy (non-hydrogen) atoms. The summed E-state index contributed by atoms with van der Waals surface area (Å²) < 4.78 is 0. The molecular weight excluding hydrogens is 224 g/mol. The van der Waals surface area contributed by atoms with Gasteiger partial charge in [0.2, 0.25) is 0 Å². The highest BCUT2D eigenvalue weighted by molar-refractivity contribution is 5.35. The van der Waals surface area contributed by atoms with Crippen molar-refractivity contribution in [3.63, 3.8) is 0 Å². The Labute approximate surface area is 109 Å². The Morgan fingerprint density at radius 1 is 1.28 bits per heavy atom. The second-order valence-corrected chi connectivity index (χ2v) is 5.24. The van der Waals surface area contributed by atoms with E-state index in [1.54, 1.807) is 0 Å². The Balaban J connectivity index is 2.08. The molecule has 0 bridgehead atoms. The fourth-order valence-corrected chi connectivity index (χ4v) is 2.65. The van der Waals surface area contributed by atoms with Crippen LogP contribution in [0.4, 0.5) is 0 Å². The molecule has 0 spiro atoms. The number of rotatable bonds is 5. The Bertz CT molecular complexity index is 392. The van der Waals surface area contributed by atoms with Gasteiger partial charge in [0.25, 0.3) is 0 Å². The molecule has 0 saturated heterocycles. The summed E-state index contributed by atoms with van der Waals surface area (Å²) in [5.41, 5.74) is 9.84. The zero-order valence-corrected chi connectivity index (χ0v) is 11.2. The number of nitrogens with two attached hydrogens (primary N) is 1. The average Bonchev–Trinajstić information content (AvgIpc) is 2.43. The van der Waals surface area contributed by atoms with E-state index in [4.69, 9.17) is 5.73 Å². The Kier molecular flexibility index (Phi) is 4.75. The Hall–Kier alpha value is -0.900. The summed E-state index contributed by atoms with van der Waals surface area (Å²) in [5, 5.41) is 13.3. The van der Waals surface area contributed by atoms with E-state index in [0.29, 0.717) is 0 Å². The van der Waals surface area contributed by atoms with Gasteiger partial charge in [0.15, 0.2) is 0 Å². The first-order valence-electron chi connectivity index (χ1n) is 6.92. The van der Waals surface area contributed by atoms with Gasteiger partial charge in [-0.1, -0.05) is 18.2 Å². The van der Waals surface area contributed by atoms with Crippen molar-refractivity contribution in [1.29, 1.82) is 0 Å². The molecule has 4 N–H and O–H groups in total. The maximum atomic E-state index is 10.3. The molecule has 1 aliphatic rings. The van der Waals surface area contributed by atoms with Gasteiger partial charge in [0.1, 0.15) is 0 Å². The van der Waals surface area contributed by atoms with Gasteiger partial charge in [-0.2, -0.15) is 0 Å². The van der Waals surface area contributed by atoms with Crippen molar-refractivity contribution < 1.29 is 5.11 Å².